The van der Waals surface area contributed by atoms with E-state index < -0.39 is 12.1 Å². The van der Waals surface area contributed by atoms with Crippen molar-refractivity contribution in [3.63, 3.8) is 0 Å². The number of aliphatic carboxylic acids is 1. The zero-order valence-electron chi connectivity index (χ0n) is 19.4. The molecule has 0 saturated carbocycles. The Balaban J connectivity index is 1.44. The number of ether oxygens (including phenoxy) is 1. The molecular weight excluding hydrogens is 497 g/mol. The first-order valence-electron chi connectivity index (χ1n) is 11.3. The largest absolute Gasteiger partial charge is 0.481 e. The molecule has 3 N–H and O–H groups in total. The summed E-state index contributed by atoms with van der Waals surface area (Å²) < 4.78 is 5.68. The Morgan fingerprint density at radius 2 is 1.97 bits per heavy atom. The van der Waals surface area contributed by atoms with Gasteiger partial charge in [0.05, 0.1) is 17.1 Å². The lowest BCUT2D eigenvalue weighted by Gasteiger charge is -2.33. The Bertz CT molecular complexity index is 1000. The van der Waals surface area contributed by atoms with Gasteiger partial charge < -0.3 is 20.1 Å². The molecule has 1 aliphatic heterocycles. The van der Waals surface area contributed by atoms with E-state index in [4.69, 9.17) is 38.0 Å². The van der Waals surface area contributed by atoms with E-state index in [9.17, 15) is 9.59 Å². The number of carboxylic acid groups (broad SMARTS) is 1. The molecule has 0 spiro atoms. The zero-order valence-corrected chi connectivity index (χ0v) is 20.9. The van der Waals surface area contributed by atoms with Crippen molar-refractivity contribution in [3.8, 4) is 5.88 Å². The predicted octanol–water partition coefficient (Wildman–Crippen LogP) is 3.21. The van der Waals surface area contributed by atoms with Gasteiger partial charge in [0.25, 0.3) is 5.91 Å². The number of amides is 1. The van der Waals surface area contributed by atoms with Gasteiger partial charge in [0.2, 0.25) is 5.88 Å². The SMILES string of the molecule is CCC(Oc1ncc(Cl)cc1Cl)C(=O)NCc1cccc(NON2CCN(CCC(=O)O)CC2)c1. The van der Waals surface area contributed by atoms with Crippen LogP contribution >= 0.6 is 23.2 Å². The summed E-state index contributed by atoms with van der Waals surface area (Å²) in [5.41, 5.74) is 4.55. The van der Waals surface area contributed by atoms with Crippen molar-refractivity contribution in [3.05, 3.63) is 52.1 Å². The summed E-state index contributed by atoms with van der Waals surface area (Å²) in [5, 5.41) is 14.1. The highest BCUT2D eigenvalue weighted by molar-refractivity contribution is 6.35. The standard InChI is InChI=1S/C23H29Cl2N5O5/c1-2-20(34-23-19(25)13-17(24)15-27-23)22(33)26-14-16-4-3-5-18(12-16)28-35-30-10-8-29(9-11-30)7-6-21(31)32/h3-5,12-13,15,20,28H,2,6-11,14H2,1H3,(H,26,33)(H,31,32). The van der Waals surface area contributed by atoms with Crippen LogP contribution in [-0.4, -0.2) is 70.8 Å². The molecule has 0 radical (unpaired) electrons. The lowest BCUT2D eigenvalue weighted by atomic mass is 10.2. The molecule has 1 unspecified atom stereocenters. The Morgan fingerprint density at radius 1 is 1.20 bits per heavy atom. The van der Waals surface area contributed by atoms with Crippen molar-refractivity contribution in [2.24, 2.45) is 0 Å². The number of pyridine rings is 1. The molecule has 190 valence electrons. The third kappa shape index (κ3) is 8.83. The average Bonchev–Trinajstić information content (AvgIpc) is 2.85. The second-order valence-corrected chi connectivity index (χ2v) is 8.82. The molecule has 10 nitrogen and oxygen atoms in total. The van der Waals surface area contributed by atoms with Crippen LogP contribution in [0.3, 0.4) is 0 Å². The molecule has 2 aromatic rings. The third-order valence-corrected chi connectivity index (χ3v) is 5.83. The number of piperazine rings is 1. The van der Waals surface area contributed by atoms with Gasteiger partial charge in [-0.3, -0.25) is 9.59 Å². The van der Waals surface area contributed by atoms with Crippen LogP contribution in [0.2, 0.25) is 10.0 Å². The van der Waals surface area contributed by atoms with Crippen LogP contribution in [-0.2, 0) is 21.1 Å². The van der Waals surface area contributed by atoms with Gasteiger partial charge in [-0.1, -0.05) is 42.3 Å². The van der Waals surface area contributed by atoms with E-state index in [-0.39, 0.29) is 23.2 Å². The highest BCUT2D eigenvalue weighted by atomic mass is 35.5. The van der Waals surface area contributed by atoms with Crippen molar-refractivity contribution in [1.82, 2.24) is 20.3 Å². The summed E-state index contributed by atoms with van der Waals surface area (Å²) in [5.74, 6) is -0.915. The summed E-state index contributed by atoms with van der Waals surface area (Å²) in [7, 11) is 0. The highest BCUT2D eigenvalue weighted by Gasteiger charge is 2.21. The molecule has 1 atom stereocenters. The van der Waals surface area contributed by atoms with Crippen molar-refractivity contribution in [1.29, 1.82) is 0 Å². The highest BCUT2D eigenvalue weighted by Crippen LogP contribution is 2.26. The van der Waals surface area contributed by atoms with E-state index in [0.29, 0.717) is 37.6 Å². The van der Waals surface area contributed by atoms with Gasteiger partial charge in [0, 0.05) is 45.5 Å². The minimum absolute atomic E-state index is 0.138. The molecule has 1 saturated heterocycles. The summed E-state index contributed by atoms with van der Waals surface area (Å²) in [6.45, 7) is 5.47. The van der Waals surface area contributed by atoms with Gasteiger partial charge in [-0.05, 0) is 30.2 Å². The van der Waals surface area contributed by atoms with E-state index in [0.717, 1.165) is 24.3 Å². The summed E-state index contributed by atoms with van der Waals surface area (Å²) in [4.78, 5) is 35.2. The molecular formula is C23H29Cl2N5O5. The second kappa shape index (κ2) is 13.5. The molecule has 3 rings (SSSR count). The Labute approximate surface area is 214 Å². The average molecular weight is 526 g/mol. The lowest BCUT2D eigenvalue weighted by molar-refractivity contribution is -0.153. The van der Waals surface area contributed by atoms with Crippen LogP contribution in [0.15, 0.2) is 36.5 Å². The number of aromatic nitrogens is 1. The van der Waals surface area contributed by atoms with Gasteiger partial charge in [-0.2, -0.15) is 10.0 Å². The molecule has 0 aliphatic carbocycles. The van der Waals surface area contributed by atoms with Gasteiger partial charge in [0.1, 0.15) is 5.02 Å². The van der Waals surface area contributed by atoms with Crippen LogP contribution in [0.1, 0.15) is 25.3 Å². The first kappa shape index (κ1) is 27.0. The van der Waals surface area contributed by atoms with E-state index in [1.807, 2.05) is 31.2 Å². The van der Waals surface area contributed by atoms with Gasteiger partial charge in [0.15, 0.2) is 6.10 Å². The van der Waals surface area contributed by atoms with Crippen LogP contribution in [0.25, 0.3) is 0 Å². The predicted molar refractivity (Wildman–Crippen MR) is 132 cm³/mol. The number of benzene rings is 1. The molecule has 1 amide bonds. The number of anilines is 1. The maximum Gasteiger partial charge on any atom is 0.304 e. The molecule has 1 aromatic heterocycles. The molecule has 35 heavy (non-hydrogen) atoms. The maximum atomic E-state index is 12.6. The number of halogens is 2. The molecule has 1 fully saturated rings. The molecule has 1 aliphatic rings. The Hall–Kier alpha value is -2.63. The quantitative estimate of drug-likeness (QED) is 0.359. The number of carbonyl (C=O) groups is 2. The first-order chi connectivity index (χ1) is 16.8. The van der Waals surface area contributed by atoms with Crippen LogP contribution in [0.4, 0.5) is 5.69 Å². The van der Waals surface area contributed by atoms with Gasteiger partial charge in [-0.15, -0.1) is 0 Å². The fourth-order valence-corrected chi connectivity index (χ4v) is 3.83. The van der Waals surface area contributed by atoms with Crippen LogP contribution in [0, 0.1) is 0 Å². The molecule has 0 bridgehead atoms. The van der Waals surface area contributed by atoms with E-state index in [1.165, 1.54) is 12.3 Å². The van der Waals surface area contributed by atoms with Crippen molar-refractivity contribution in [2.45, 2.75) is 32.4 Å². The van der Waals surface area contributed by atoms with Gasteiger partial charge in [-0.25, -0.2) is 10.5 Å². The Kier molecular flexibility index (Phi) is 10.4. The van der Waals surface area contributed by atoms with Crippen molar-refractivity contribution >= 4 is 40.8 Å². The maximum absolute atomic E-state index is 12.6. The number of hydrogen-bond donors (Lipinski definition) is 3. The van der Waals surface area contributed by atoms with E-state index >= 15 is 0 Å². The minimum atomic E-state index is -0.790. The summed E-state index contributed by atoms with van der Waals surface area (Å²) in [6, 6.07) is 9.01. The van der Waals surface area contributed by atoms with Crippen molar-refractivity contribution in [2.75, 3.05) is 38.2 Å². The molecule has 1 aromatic carbocycles. The van der Waals surface area contributed by atoms with Crippen molar-refractivity contribution < 1.29 is 24.4 Å². The second-order valence-electron chi connectivity index (χ2n) is 7.98. The number of hydroxylamine groups is 2. The number of carbonyl (C=O) groups excluding carboxylic acids is 1. The third-order valence-electron chi connectivity index (χ3n) is 5.35. The van der Waals surface area contributed by atoms with E-state index in [2.05, 4.69) is 20.7 Å². The Morgan fingerprint density at radius 3 is 2.66 bits per heavy atom. The number of carboxylic acids is 1. The molecule has 2 heterocycles. The first-order valence-corrected chi connectivity index (χ1v) is 12.1. The number of nitrogens with one attached hydrogen (secondary N) is 2. The van der Waals surface area contributed by atoms with Crippen LogP contribution < -0.4 is 15.5 Å². The lowest BCUT2D eigenvalue weighted by Crippen LogP contribution is -2.47. The fraction of sp³-hybridized carbons (Fsp3) is 0.435. The number of hydrogen-bond acceptors (Lipinski definition) is 8. The zero-order chi connectivity index (χ0) is 25.2. The fourth-order valence-electron chi connectivity index (χ4n) is 3.41. The molecule has 12 heteroatoms. The smallest absolute Gasteiger partial charge is 0.304 e. The summed E-state index contributed by atoms with van der Waals surface area (Å²) >= 11 is 11.9. The minimum Gasteiger partial charge on any atom is -0.481 e. The normalized spacial score (nSPS) is 15.4. The van der Waals surface area contributed by atoms with Crippen LogP contribution in [0.5, 0.6) is 5.88 Å². The monoisotopic (exact) mass is 525 g/mol. The topological polar surface area (TPSA) is 116 Å². The van der Waals surface area contributed by atoms with E-state index in [1.54, 1.807) is 5.06 Å². The number of rotatable bonds is 12. The number of nitrogens with zero attached hydrogens (tertiary/aromatic N) is 3. The van der Waals surface area contributed by atoms with Gasteiger partial charge >= 0.3 is 5.97 Å². The summed E-state index contributed by atoms with van der Waals surface area (Å²) in [6.07, 6.45) is 1.23.